The van der Waals surface area contributed by atoms with Crippen LogP contribution < -0.4 is 0 Å². The van der Waals surface area contributed by atoms with Crippen LogP contribution in [0.2, 0.25) is 0 Å². The highest BCUT2D eigenvalue weighted by Gasteiger charge is 2.17. The number of hydrogen-bond acceptors (Lipinski definition) is 1. The Morgan fingerprint density at radius 2 is 1.43 bits per heavy atom. The molecule has 0 amide bonds. The maximum absolute atomic E-state index is 14.6. The van der Waals surface area contributed by atoms with Gasteiger partial charge in [-0.05, 0) is 70.5 Å². The zero-order valence-electron chi connectivity index (χ0n) is 16.7. The van der Waals surface area contributed by atoms with Crippen LogP contribution in [0.15, 0.2) is 79.0 Å². The van der Waals surface area contributed by atoms with Crippen LogP contribution in [0.5, 0.6) is 0 Å². The number of halogens is 1. The van der Waals surface area contributed by atoms with Crippen molar-refractivity contribution >= 4 is 21.5 Å². The number of hydrogen-bond donors (Lipinski definition) is 0. The van der Waals surface area contributed by atoms with Crippen molar-refractivity contribution in [2.24, 2.45) is 0 Å². The highest BCUT2D eigenvalue weighted by atomic mass is 19.1. The summed E-state index contributed by atoms with van der Waals surface area (Å²) in [5, 5.41) is 3.71. The topological polar surface area (TPSA) is 12.9 Å². The van der Waals surface area contributed by atoms with E-state index in [0.29, 0.717) is 10.9 Å². The van der Waals surface area contributed by atoms with E-state index in [0.717, 1.165) is 40.3 Å². The van der Waals surface area contributed by atoms with Crippen molar-refractivity contribution in [3.8, 4) is 22.4 Å². The van der Waals surface area contributed by atoms with Crippen LogP contribution in [-0.2, 0) is 12.8 Å². The zero-order valence-corrected chi connectivity index (χ0v) is 16.7. The lowest BCUT2D eigenvalue weighted by atomic mass is 9.84. The van der Waals surface area contributed by atoms with E-state index in [1.165, 1.54) is 22.3 Å². The molecule has 0 atom stereocenters. The number of fused-ring (bicyclic) bond motifs is 6. The van der Waals surface area contributed by atoms with Crippen molar-refractivity contribution in [1.29, 1.82) is 0 Å². The molecule has 1 aromatic heterocycles. The minimum absolute atomic E-state index is 0.139. The van der Waals surface area contributed by atoms with Crippen LogP contribution in [0.4, 0.5) is 4.39 Å². The first kappa shape index (κ1) is 17.3. The van der Waals surface area contributed by atoms with Crippen LogP contribution in [0.25, 0.3) is 43.9 Å². The second kappa shape index (κ2) is 6.50. The summed E-state index contributed by atoms with van der Waals surface area (Å²) in [6.07, 6.45) is 3.95. The number of aromatic nitrogens is 1. The van der Waals surface area contributed by atoms with Crippen LogP contribution in [-0.4, -0.2) is 4.98 Å². The van der Waals surface area contributed by atoms with E-state index in [4.69, 9.17) is 4.98 Å². The molecule has 0 saturated carbocycles. The van der Waals surface area contributed by atoms with E-state index in [2.05, 4.69) is 42.5 Å². The summed E-state index contributed by atoms with van der Waals surface area (Å²) >= 11 is 0. The van der Waals surface area contributed by atoms with Gasteiger partial charge in [0, 0.05) is 22.5 Å². The van der Waals surface area contributed by atoms with Gasteiger partial charge in [-0.15, -0.1) is 0 Å². The molecule has 1 aliphatic carbocycles. The third kappa shape index (κ3) is 2.50. The predicted molar refractivity (Wildman–Crippen MR) is 122 cm³/mol. The van der Waals surface area contributed by atoms with Crippen LogP contribution in [0, 0.1) is 12.7 Å². The van der Waals surface area contributed by atoms with Crippen LogP contribution in [0.1, 0.15) is 16.7 Å². The summed E-state index contributed by atoms with van der Waals surface area (Å²) in [5.41, 5.74) is 8.20. The van der Waals surface area contributed by atoms with E-state index in [-0.39, 0.29) is 5.82 Å². The molecule has 0 N–H and O–H groups in total. The van der Waals surface area contributed by atoms with Gasteiger partial charge in [-0.2, -0.15) is 0 Å². The molecule has 0 spiro atoms. The van der Waals surface area contributed by atoms with Gasteiger partial charge >= 0.3 is 0 Å². The van der Waals surface area contributed by atoms with E-state index < -0.39 is 0 Å². The summed E-state index contributed by atoms with van der Waals surface area (Å²) in [4.78, 5) is 4.72. The molecule has 2 heteroatoms. The molecule has 6 rings (SSSR count). The average molecular weight is 389 g/mol. The molecular weight excluding hydrogens is 369 g/mol. The van der Waals surface area contributed by atoms with Gasteiger partial charge < -0.3 is 0 Å². The van der Waals surface area contributed by atoms with E-state index in [1.807, 2.05) is 43.5 Å². The van der Waals surface area contributed by atoms with Crippen molar-refractivity contribution in [2.45, 2.75) is 19.8 Å². The molecular formula is C28H20FN. The molecule has 0 fully saturated rings. The molecule has 30 heavy (non-hydrogen) atoms. The van der Waals surface area contributed by atoms with Gasteiger partial charge in [-0.25, -0.2) is 4.39 Å². The second-order valence-corrected chi connectivity index (χ2v) is 8.14. The maximum Gasteiger partial charge on any atom is 0.133 e. The molecule has 0 unspecified atom stereocenters. The Kier molecular flexibility index (Phi) is 3.76. The number of benzene rings is 4. The number of pyridine rings is 1. The van der Waals surface area contributed by atoms with Crippen molar-refractivity contribution in [3.05, 3.63) is 102 Å². The van der Waals surface area contributed by atoms with Crippen molar-refractivity contribution in [3.63, 3.8) is 0 Å². The van der Waals surface area contributed by atoms with Crippen LogP contribution in [0.3, 0.4) is 0 Å². The minimum atomic E-state index is -0.139. The Bertz CT molecular complexity index is 1470. The fourth-order valence-corrected chi connectivity index (χ4v) is 4.85. The molecule has 144 valence electrons. The Hall–Kier alpha value is -3.52. The Morgan fingerprint density at radius 1 is 0.700 bits per heavy atom. The third-order valence-corrected chi connectivity index (χ3v) is 6.42. The number of nitrogens with zero attached hydrogens (tertiary/aromatic N) is 1. The van der Waals surface area contributed by atoms with Gasteiger partial charge in [0.05, 0.1) is 5.69 Å². The van der Waals surface area contributed by atoms with Crippen molar-refractivity contribution in [1.82, 2.24) is 4.98 Å². The Balaban J connectivity index is 1.56. The summed E-state index contributed by atoms with van der Waals surface area (Å²) in [7, 11) is 0. The first-order valence-electron chi connectivity index (χ1n) is 10.4. The molecule has 0 saturated heterocycles. The van der Waals surface area contributed by atoms with Gasteiger partial charge in [0.2, 0.25) is 0 Å². The summed E-state index contributed by atoms with van der Waals surface area (Å²) < 4.78 is 14.6. The Labute approximate surface area is 174 Å². The number of aryl methyl sites for hydroxylation is 3. The second-order valence-electron chi connectivity index (χ2n) is 8.14. The molecule has 4 aromatic carbocycles. The van der Waals surface area contributed by atoms with Gasteiger partial charge in [0.1, 0.15) is 5.82 Å². The van der Waals surface area contributed by atoms with Crippen molar-refractivity contribution in [2.75, 3.05) is 0 Å². The predicted octanol–water partition coefficient (Wildman–Crippen LogP) is 7.27. The van der Waals surface area contributed by atoms with Gasteiger partial charge in [-0.3, -0.25) is 4.98 Å². The van der Waals surface area contributed by atoms with Crippen molar-refractivity contribution < 1.29 is 4.39 Å². The molecule has 5 aromatic rings. The lowest BCUT2D eigenvalue weighted by Gasteiger charge is -2.20. The lowest BCUT2D eigenvalue weighted by Crippen LogP contribution is -2.04. The molecule has 1 aliphatic rings. The summed E-state index contributed by atoms with van der Waals surface area (Å²) in [6, 6.07) is 25.1. The molecule has 1 nitrogen and oxygen atoms in total. The monoisotopic (exact) mass is 389 g/mol. The number of rotatable bonds is 1. The van der Waals surface area contributed by atoms with E-state index in [1.54, 1.807) is 0 Å². The smallest absolute Gasteiger partial charge is 0.133 e. The third-order valence-electron chi connectivity index (χ3n) is 6.42. The normalized spacial score (nSPS) is 12.7. The highest BCUT2D eigenvalue weighted by Crippen LogP contribution is 2.38. The highest BCUT2D eigenvalue weighted by molar-refractivity contribution is 6.11. The van der Waals surface area contributed by atoms with E-state index >= 15 is 0 Å². The first-order chi connectivity index (χ1) is 14.7. The molecule has 0 aliphatic heterocycles. The SMILES string of the molecule is Cc1ccc2c(ccc3c(-c4ccc5c(c4)CCc4ccccc4-5)nccc32)c1F. The van der Waals surface area contributed by atoms with Gasteiger partial charge in [-0.1, -0.05) is 60.7 Å². The molecule has 1 heterocycles. The van der Waals surface area contributed by atoms with E-state index in [9.17, 15) is 4.39 Å². The quantitative estimate of drug-likeness (QED) is 0.275. The average Bonchev–Trinajstić information content (AvgIpc) is 2.80. The molecule has 0 bridgehead atoms. The molecule has 0 radical (unpaired) electrons. The summed E-state index contributed by atoms with van der Waals surface area (Å²) in [6.45, 7) is 1.81. The van der Waals surface area contributed by atoms with Crippen LogP contribution >= 0.6 is 0 Å². The standard InChI is InChI=1S/C28H20FN/c1-17-6-10-23-24-14-15-30-28(26(24)13-12-25(23)27(17)29)20-9-11-22-19(16-20)8-7-18-4-2-3-5-21(18)22/h2-6,9-16H,7-8H2,1H3. The fourth-order valence-electron chi connectivity index (χ4n) is 4.85. The summed E-state index contributed by atoms with van der Waals surface area (Å²) in [5.74, 6) is -0.139. The first-order valence-corrected chi connectivity index (χ1v) is 10.4. The van der Waals surface area contributed by atoms with Gasteiger partial charge in [0.15, 0.2) is 0 Å². The lowest BCUT2D eigenvalue weighted by molar-refractivity contribution is 0.631. The minimum Gasteiger partial charge on any atom is -0.256 e. The maximum atomic E-state index is 14.6. The van der Waals surface area contributed by atoms with Gasteiger partial charge in [0.25, 0.3) is 0 Å². The Morgan fingerprint density at radius 3 is 2.37 bits per heavy atom. The largest absolute Gasteiger partial charge is 0.256 e. The zero-order chi connectivity index (χ0) is 20.2. The fraction of sp³-hybridized carbons (Fsp3) is 0.107.